The molecule has 0 saturated carbocycles. The van der Waals surface area contributed by atoms with Gasteiger partial charge in [-0.3, -0.25) is 4.79 Å². The van der Waals surface area contributed by atoms with Crippen LogP contribution in [0.15, 0.2) is 66.7 Å². The summed E-state index contributed by atoms with van der Waals surface area (Å²) in [5.41, 5.74) is 2.63. The molecule has 138 valence electrons. The number of carbonyl (C=O) groups excluding carboxylic acids is 1. The highest BCUT2D eigenvalue weighted by atomic mass is 16.2. The van der Waals surface area contributed by atoms with Crippen LogP contribution in [-0.2, 0) is 6.54 Å². The van der Waals surface area contributed by atoms with Crippen molar-refractivity contribution in [1.29, 1.82) is 0 Å². The number of hydrogen-bond donors (Lipinski definition) is 1. The number of nitrogens with zero attached hydrogens (tertiary/aromatic N) is 3. The van der Waals surface area contributed by atoms with Gasteiger partial charge >= 0.3 is 0 Å². The highest BCUT2D eigenvalue weighted by Gasteiger charge is 2.16. The van der Waals surface area contributed by atoms with Gasteiger partial charge in [-0.25, -0.2) is 9.97 Å². The molecule has 1 heterocycles. The molecule has 2 aromatic carbocycles. The number of nitrogens with one attached hydrogen (secondary N) is 1. The van der Waals surface area contributed by atoms with Crippen molar-refractivity contribution in [1.82, 2.24) is 14.9 Å². The first-order chi connectivity index (χ1) is 13.0. The Hall–Kier alpha value is -3.21. The molecule has 3 rings (SSSR count). The third kappa shape index (κ3) is 4.91. The van der Waals surface area contributed by atoms with Crippen LogP contribution in [0.5, 0.6) is 0 Å². The van der Waals surface area contributed by atoms with Gasteiger partial charge in [-0.2, -0.15) is 0 Å². The van der Waals surface area contributed by atoms with Crippen LogP contribution in [0, 0.1) is 6.92 Å². The molecule has 1 amide bonds. The van der Waals surface area contributed by atoms with Crippen molar-refractivity contribution in [2.24, 2.45) is 0 Å². The maximum absolute atomic E-state index is 12.8. The van der Waals surface area contributed by atoms with Gasteiger partial charge in [-0.1, -0.05) is 60.7 Å². The maximum Gasteiger partial charge on any atom is 0.272 e. The normalized spacial score (nSPS) is 11.7. The van der Waals surface area contributed by atoms with E-state index >= 15 is 0 Å². The van der Waals surface area contributed by atoms with Gasteiger partial charge in [0.2, 0.25) is 0 Å². The Labute approximate surface area is 160 Å². The van der Waals surface area contributed by atoms with E-state index in [2.05, 4.69) is 34.3 Å². The van der Waals surface area contributed by atoms with Crippen LogP contribution in [-0.4, -0.2) is 27.8 Å². The van der Waals surface area contributed by atoms with Gasteiger partial charge in [0.15, 0.2) is 0 Å². The van der Waals surface area contributed by atoms with E-state index in [1.807, 2.05) is 48.5 Å². The van der Waals surface area contributed by atoms with Crippen LogP contribution in [0.4, 0.5) is 5.82 Å². The molecular formula is C22H24N4O. The van der Waals surface area contributed by atoms with Crippen molar-refractivity contribution in [3.63, 3.8) is 0 Å². The molecule has 5 nitrogen and oxygen atoms in total. The van der Waals surface area contributed by atoms with Crippen molar-refractivity contribution in [2.75, 3.05) is 12.4 Å². The maximum atomic E-state index is 12.8. The third-order valence-corrected chi connectivity index (χ3v) is 4.33. The van der Waals surface area contributed by atoms with E-state index < -0.39 is 0 Å². The molecule has 0 aliphatic carbocycles. The summed E-state index contributed by atoms with van der Waals surface area (Å²) in [6, 6.07) is 21.8. The van der Waals surface area contributed by atoms with E-state index in [0.717, 1.165) is 11.1 Å². The van der Waals surface area contributed by atoms with Crippen molar-refractivity contribution in [3.8, 4) is 0 Å². The highest BCUT2D eigenvalue weighted by molar-refractivity contribution is 5.92. The molecule has 1 atom stereocenters. The topological polar surface area (TPSA) is 58.1 Å². The van der Waals surface area contributed by atoms with Crippen molar-refractivity contribution < 1.29 is 4.79 Å². The number of carbonyl (C=O) groups is 1. The average molecular weight is 360 g/mol. The van der Waals surface area contributed by atoms with Crippen LogP contribution < -0.4 is 5.32 Å². The van der Waals surface area contributed by atoms with E-state index in [4.69, 9.17) is 0 Å². The van der Waals surface area contributed by atoms with Gasteiger partial charge in [0.25, 0.3) is 5.91 Å². The summed E-state index contributed by atoms with van der Waals surface area (Å²) in [6.07, 6.45) is 0. The van der Waals surface area contributed by atoms with Crippen molar-refractivity contribution >= 4 is 11.7 Å². The van der Waals surface area contributed by atoms with Crippen molar-refractivity contribution in [3.05, 3.63) is 89.4 Å². The van der Waals surface area contributed by atoms with Gasteiger partial charge in [0.1, 0.15) is 17.3 Å². The van der Waals surface area contributed by atoms with Gasteiger partial charge in [-0.15, -0.1) is 0 Å². The van der Waals surface area contributed by atoms with E-state index in [1.165, 1.54) is 0 Å². The summed E-state index contributed by atoms with van der Waals surface area (Å²) in [4.78, 5) is 23.3. The summed E-state index contributed by atoms with van der Waals surface area (Å²) in [7, 11) is 1.78. The molecule has 0 aliphatic rings. The van der Waals surface area contributed by atoms with Crippen LogP contribution in [0.25, 0.3) is 0 Å². The number of amides is 1. The Morgan fingerprint density at radius 2 is 1.67 bits per heavy atom. The lowest BCUT2D eigenvalue weighted by Crippen LogP contribution is -2.27. The third-order valence-electron chi connectivity index (χ3n) is 4.33. The zero-order chi connectivity index (χ0) is 19.2. The van der Waals surface area contributed by atoms with E-state index in [9.17, 15) is 4.79 Å². The van der Waals surface area contributed by atoms with Gasteiger partial charge < -0.3 is 10.2 Å². The molecule has 27 heavy (non-hydrogen) atoms. The number of aryl methyl sites for hydroxylation is 1. The average Bonchev–Trinajstić information content (AvgIpc) is 2.68. The number of rotatable bonds is 6. The minimum Gasteiger partial charge on any atom is -0.363 e. The summed E-state index contributed by atoms with van der Waals surface area (Å²) >= 11 is 0. The molecule has 1 aromatic heterocycles. The van der Waals surface area contributed by atoms with E-state index in [1.54, 1.807) is 24.9 Å². The summed E-state index contributed by atoms with van der Waals surface area (Å²) in [5, 5.41) is 3.36. The minimum absolute atomic E-state index is 0.0745. The molecule has 0 bridgehead atoms. The largest absolute Gasteiger partial charge is 0.363 e. The molecule has 3 aromatic rings. The molecular weight excluding hydrogens is 336 g/mol. The fraction of sp³-hybridized carbons (Fsp3) is 0.227. The number of aromatic nitrogens is 2. The zero-order valence-corrected chi connectivity index (χ0v) is 15.9. The second-order valence-electron chi connectivity index (χ2n) is 6.61. The Balaban J connectivity index is 1.75. The predicted octanol–water partition coefficient (Wildman–Crippen LogP) is 4.23. The number of anilines is 1. The zero-order valence-electron chi connectivity index (χ0n) is 15.9. The minimum atomic E-state index is -0.125. The standard InChI is InChI=1S/C22H24N4O/c1-16(19-12-8-5-9-13-19)23-21-14-20(24-17(2)25-21)22(27)26(3)15-18-10-6-4-7-11-18/h4-14,16H,15H2,1-3H3,(H,23,24,25). The first-order valence-corrected chi connectivity index (χ1v) is 8.99. The lowest BCUT2D eigenvalue weighted by atomic mass is 10.1. The molecule has 1 unspecified atom stereocenters. The molecule has 0 fully saturated rings. The van der Waals surface area contributed by atoms with Gasteiger partial charge in [-0.05, 0) is 25.0 Å². The predicted molar refractivity (Wildman–Crippen MR) is 107 cm³/mol. The highest BCUT2D eigenvalue weighted by Crippen LogP contribution is 2.19. The number of hydrogen-bond acceptors (Lipinski definition) is 4. The lowest BCUT2D eigenvalue weighted by molar-refractivity contribution is 0.0779. The summed E-state index contributed by atoms with van der Waals surface area (Å²) in [5.74, 6) is 1.09. The van der Waals surface area contributed by atoms with E-state index in [0.29, 0.717) is 23.9 Å². The second-order valence-corrected chi connectivity index (χ2v) is 6.61. The Kier molecular flexibility index (Phi) is 5.81. The lowest BCUT2D eigenvalue weighted by Gasteiger charge is -2.19. The molecule has 0 spiro atoms. The first kappa shape index (κ1) is 18.6. The first-order valence-electron chi connectivity index (χ1n) is 8.99. The van der Waals surface area contributed by atoms with Crippen LogP contribution >= 0.6 is 0 Å². The number of benzene rings is 2. The van der Waals surface area contributed by atoms with Crippen LogP contribution in [0.3, 0.4) is 0 Å². The Bertz CT molecular complexity index is 897. The smallest absolute Gasteiger partial charge is 0.272 e. The molecule has 5 heteroatoms. The summed E-state index contributed by atoms with van der Waals surface area (Å²) in [6.45, 7) is 4.40. The Morgan fingerprint density at radius 1 is 1.04 bits per heavy atom. The van der Waals surface area contributed by atoms with E-state index in [-0.39, 0.29) is 11.9 Å². The fourth-order valence-electron chi connectivity index (χ4n) is 2.92. The molecule has 1 N–H and O–H groups in total. The molecule has 0 saturated heterocycles. The van der Waals surface area contributed by atoms with Gasteiger partial charge in [0, 0.05) is 25.7 Å². The molecule has 0 radical (unpaired) electrons. The second kappa shape index (κ2) is 8.45. The SMILES string of the molecule is Cc1nc(NC(C)c2ccccc2)cc(C(=O)N(C)Cc2ccccc2)n1. The quantitative estimate of drug-likeness (QED) is 0.715. The van der Waals surface area contributed by atoms with Crippen LogP contribution in [0.1, 0.15) is 40.4 Å². The van der Waals surface area contributed by atoms with Crippen molar-refractivity contribution in [2.45, 2.75) is 26.4 Å². The molecule has 0 aliphatic heterocycles. The Morgan fingerprint density at radius 3 is 2.33 bits per heavy atom. The fourth-order valence-corrected chi connectivity index (χ4v) is 2.92. The van der Waals surface area contributed by atoms with Crippen LogP contribution in [0.2, 0.25) is 0 Å². The monoisotopic (exact) mass is 360 g/mol. The summed E-state index contributed by atoms with van der Waals surface area (Å²) < 4.78 is 0. The van der Waals surface area contributed by atoms with Gasteiger partial charge in [0.05, 0.1) is 0 Å².